The van der Waals surface area contributed by atoms with Crippen molar-refractivity contribution in [1.82, 2.24) is 9.38 Å². The molecule has 7 nitrogen and oxygen atoms in total. The quantitative estimate of drug-likeness (QED) is 0.321. The number of carbonyl (C=O) groups excluding carboxylic acids is 1. The monoisotopic (exact) mass is 464 g/mol. The second-order valence-corrected chi connectivity index (χ2v) is 8.38. The van der Waals surface area contributed by atoms with E-state index in [1.807, 2.05) is 70.2 Å². The van der Waals surface area contributed by atoms with Crippen molar-refractivity contribution < 1.29 is 9.53 Å². The maximum Gasteiger partial charge on any atom is 0.269 e. The molecule has 4 rings (SSSR count). The Morgan fingerprint density at radius 2 is 1.74 bits per heavy atom. The van der Waals surface area contributed by atoms with Gasteiger partial charge in [0.2, 0.25) is 5.88 Å². The lowest BCUT2D eigenvalue weighted by atomic mass is 10.1. The molecule has 0 radical (unpaired) electrons. The topological polar surface area (TPSA) is 96.5 Å². The van der Waals surface area contributed by atoms with Crippen molar-refractivity contribution in [3.63, 3.8) is 0 Å². The molecular formula is C28H24N4O3. The Bertz CT molecular complexity index is 1580. The van der Waals surface area contributed by atoms with Crippen LogP contribution in [0.5, 0.6) is 11.6 Å². The van der Waals surface area contributed by atoms with Gasteiger partial charge < -0.3 is 10.1 Å². The van der Waals surface area contributed by atoms with E-state index in [-0.39, 0.29) is 17.0 Å². The average molecular weight is 465 g/mol. The molecule has 0 aliphatic rings. The molecule has 1 amide bonds. The van der Waals surface area contributed by atoms with Crippen molar-refractivity contribution in [3.05, 3.63) is 105 Å². The number of aryl methyl sites for hydroxylation is 4. The van der Waals surface area contributed by atoms with E-state index in [0.717, 1.165) is 22.3 Å². The Hall–Kier alpha value is -4.70. The maximum absolute atomic E-state index is 13.4. The van der Waals surface area contributed by atoms with Gasteiger partial charge in [-0.05, 0) is 74.7 Å². The zero-order valence-electron chi connectivity index (χ0n) is 19.9. The molecule has 0 aliphatic heterocycles. The standard InChI is InChI=1S/C28H24N4O3/c1-17-8-11-22(12-9-17)35-27-23(28(34)32-13-5-6-20(4)25(32)31-27)15-21(16-29)26(33)30-24-14-18(2)7-10-19(24)3/h5-15H,1-4H3,(H,30,33)/b21-15-. The number of nitrogens with zero attached hydrogens (tertiary/aromatic N) is 3. The summed E-state index contributed by atoms with van der Waals surface area (Å²) in [6.07, 6.45) is 2.82. The molecule has 2 heterocycles. The van der Waals surface area contributed by atoms with E-state index in [1.54, 1.807) is 24.4 Å². The van der Waals surface area contributed by atoms with Crippen LogP contribution < -0.4 is 15.6 Å². The Labute approximate surface area is 203 Å². The van der Waals surface area contributed by atoms with Crippen LogP contribution in [0.15, 0.2) is 71.2 Å². The molecule has 1 N–H and O–H groups in total. The number of fused-ring (bicyclic) bond motifs is 1. The third kappa shape index (κ3) is 4.97. The normalized spacial score (nSPS) is 11.2. The Morgan fingerprint density at radius 1 is 1.03 bits per heavy atom. The largest absolute Gasteiger partial charge is 0.438 e. The number of ether oxygens (including phenoxy) is 1. The zero-order chi connectivity index (χ0) is 25.1. The second-order valence-electron chi connectivity index (χ2n) is 8.38. The van der Waals surface area contributed by atoms with Gasteiger partial charge in [-0.1, -0.05) is 35.9 Å². The number of hydrogen-bond acceptors (Lipinski definition) is 5. The fourth-order valence-electron chi connectivity index (χ4n) is 3.56. The van der Waals surface area contributed by atoms with Crippen molar-refractivity contribution >= 4 is 23.3 Å². The van der Waals surface area contributed by atoms with E-state index < -0.39 is 11.5 Å². The van der Waals surface area contributed by atoms with Crippen molar-refractivity contribution in [2.75, 3.05) is 5.32 Å². The SMILES string of the molecule is Cc1ccc(Oc2nc3c(C)cccn3c(=O)c2/C=C(/C#N)C(=O)Nc2cc(C)ccc2C)cc1. The number of aromatic nitrogens is 2. The van der Waals surface area contributed by atoms with Crippen LogP contribution in [0, 0.1) is 39.0 Å². The highest BCUT2D eigenvalue weighted by Crippen LogP contribution is 2.25. The van der Waals surface area contributed by atoms with Gasteiger partial charge in [0.25, 0.3) is 11.5 Å². The molecule has 2 aromatic heterocycles. The van der Waals surface area contributed by atoms with E-state index in [0.29, 0.717) is 17.1 Å². The molecule has 7 heteroatoms. The van der Waals surface area contributed by atoms with Crippen molar-refractivity contribution in [2.24, 2.45) is 0 Å². The van der Waals surface area contributed by atoms with Crippen LogP contribution in [0.2, 0.25) is 0 Å². The minimum Gasteiger partial charge on any atom is -0.438 e. The number of carbonyl (C=O) groups is 1. The molecule has 0 aliphatic carbocycles. The Balaban J connectivity index is 1.83. The highest BCUT2D eigenvalue weighted by Gasteiger charge is 2.18. The van der Waals surface area contributed by atoms with Gasteiger partial charge in [-0.15, -0.1) is 0 Å². The van der Waals surface area contributed by atoms with Crippen LogP contribution in [0.4, 0.5) is 5.69 Å². The lowest BCUT2D eigenvalue weighted by Gasteiger charge is -2.12. The number of nitriles is 1. The van der Waals surface area contributed by atoms with E-state index in [4.69, 9.17) is 4.74 Å². The first-order valence-electron chi connectivity index (χ1n) is 11.0. The van der Waals surface area contributed by atoms with E-state index in [9.17, 15) is 14.9 Å². The van der Waals surface area contributed by atoms with Crippen LogP contribution in [0.3, 0.4) is 0 Å². The summed E-state index contributed by atoms with van der Waals surface area (Å²) >= 11 is 0. The average Bonchev–Trinajstić information content (AvgIpc) is 2.83. The molecule has 0 atom stereocenters. The first-order valence-corrected chi connectivity index (χ1v) is 11.0. The minimum absolute atomic E-state index is 0.00124. The smallest absolute Gasteiger partial charge is 0.269 e. The van der Waals surface area contributed by atoms with Crippen LogP contribution in [0.1, 0.15) is 27.8 Å². The molecule has 0 unspecified atom stereocenters. The minimum atomic E-state index is -0.628. The fraction of sp³-hybridized carbons (Fsp3) is 0.143. The van der Waals surface area contributed by atoms with Crippen molar-refractivity contribution in [1.29, 1.82) is 5.26 Å². The summed E-state index contributed by atoms with van der Waals surface area (Å²) in [6, 6.07) is 18.4. The van der Waals surface area contributed by atoms with Gasteiger partial charge in [-0.3, -0.25) is 14.0 Å². The fourth-order valence-corrected chi connectivity index (χ4v) is 3.56. The summed E-state index contributed by atoms with van der Waals surface area (Å²) in [5.41, 5.74) is 3.98. The molecule has 35 heavy (non-hydrogen) atoms. The zero-order valence-corrected chi connectivity index (χ0v) is 19.9. The summed E-state index contributed by atoms with van der Waals surface area (Å²) in [5.74, 6) is -0.134. The molecule has 0 saturated carbocycles. The third-order valence-corrected chi connectivity index (χ3v) is 5.58. The summed E-state index contributed by atoms with van der Waals surface area (Å²) < 4.78 is 7.35. The summed E-state index contributed by atoms with van der Waals surface area (Å²) in [7, 11) is 0. The summed E-state index contributed by atoms with van der Waals surface area (Å²) in [5, 5.41) is 12.5. The van der Waals surface area contributed by atoms with Gasteiger partial charge in [-0.2, -0.15) is 10.2 Å². The van der Waals surface area contributed by atoms with Crippen LogP contribution in [-0.4, -0.2) is 15.3 Å². The van der Waals surface area contributed by atoms with Gasteiger partial charge in [0.1, 0.15) is 28.6 Å². The van der Waals surface area contributed by atoms with Gasteiger partial charge >= 0.3 is 0 Å². The number of rotatable bonds is 5. The van der Waals surface area contributed by atoms with Gasteiger partial charge in [0.05, 0.1) is 0 Å². The third-order valence-electron chi connectivity index (χ3n) is 5.58. The number of nitrogens with one attached hydrogen (secondary N) is 1. The lowest BCUT2D eigenvalue weighted by Crippen LogP contribution is -2.21. The van der Waals surface area contributed by atoms with E-state index in [1.165, 1.54) is 10.5 Å². The molecule has 0 spiro atoms. The second kappa shape index (κ2) is 9.65. The van der Waals surface area contributed by atoms with Crippen molar-refractivity contribution in [2.45, 2.75) is 27.7 Å². The van der Waals surface area contributed by atoms with Gasteiger partial charge in [0.15, 0.2) is 0 Å². The first-order chi connectivity index (χ1) is 16.8. The van der Waals surface area contributed by atoms with Crippen molar-refractivity contribution in [3.8, 4) is 17.7 Å². The molecule has 2 aromatic carbocycles. The van der Waals surface area contributed by atoms with E-state index in [2.05, 4.69) is 10.3 Å². The summed E-state index contributed by atoms with van der Waals surface area (Å²) in [4.78, 5) is 31.0. The molecule has 0 fully saturated rings. The first kappa shape index (κ1) is 23.5. The van der Waals surface area contributed by atoms with E-state index >= 15 is 0 Å². The van der Waals surface area contributed by atoms with Gasteiger partial charge in [0, 0.05) is 11.9 Å². The predicted molar refractivity (Wildman–Crippen MR) is 136 cm³/mol. The molecule has 0 saturated heterocycles. The highest BCUT2D eigenvalue weighted by molar-refractivity contribution is 6.10. The number of pyridine rings is 1. The van der Waals surface area contributed by atoms with Crippen LogP contribution in [-0.2, 0) is 4.79 Å². The Morgan fingerprint density at radius 3 is 2.46 bits per heavy atom. The molecule has 174 valence electrons. The maximum atomic E-state index is 13.4. The highest BCUT2D eigenvalue weighted by atomic mass is 16.5. The number of benzene rings is 2. The predicted octanol–water partition coefficient (Wildman–Crippen LogP) is 5.27. The molecule has 4 aromatic rings. The number of amides is 1. The van der Waals surface area contributed by atoms with Crippen LogP contribution >= 0.6 is 0 Å². The lowest BCUT2D eigenvalue weighted by molar-refractivity contribution is -0.112. The van der Waals surface area contributed by atoms with Crippen LogP contribution in [0.25, 0.3) is 11.7 Å². The number of hydrogen-bond donors (Lipinski definition) is 1. The summed E-state index contributed by atoms with van der Waals surface area (Å²) in [6.45, 7) is 7.57. The van der Waals surface area contributed by atoms with Gasteiger partial charge in [-0.25, -0.2) is 0 Å². The molecule has 0 bridgehead atoms. The number of anilines is 1. The molecular weight excluding hydrogens is 440 g/mol. The Kier molecular flexibility index (Phi) is 6.47.